The van der Waals surface area contributed by atoms with Gasteiger partial charge in [-0.05, 0) is 41.5 Å². The summed E-state index contributed by atoms with van der Waals surface area (Å²) in [6.45, 7) is 0. The molecule has 18 heavy (non-hydrogen) atoms. The van der Waals surface area contributed by atoms with Crippen molar-refractivity contribution in [3.05, 3.63) is 67.6 Å². The largest absolute Gasteiger partial charge is 0.388 e. The normalized spacial score (nSPS) is 12.4. The summed E-state index contributed by atoms with van der Waals surface area (Å²) >= 11 is 12.8. The van der Waals surface area contributed by atoms with Crippen LogP contribution in [0.25, 0.3) is 0 Å². The molecule has 0 saturated carbocycles. The second kappa shape index (κ2) is 6.20. The summed E-state index contributed by atoms with van der Waals surface area (Å²) in [4.78, 5) is 0. The van der Waals surface area contributed by atoms with Crippen LogP contribution in [0.5, 0.6) is 0 Å². The Morgan fingerprint density at radius 2 is 1.83 bits per heavy atom. The lowest BCUT2D eigenvalue weighted by Gasteiger charge is -2.12. The van der Waals surface area contributed by atoms with Crippen LogP contribution in [-0.4, -0.2) is 5.11 Å². The van der Waals surface area contributed by atoms with Crippen molar-refractivity contribution in [1.82, 2.24) is 0 Å². The van der Waals surface area contributed by atoms with Crippen molar-refractivity contribution >= 4 is 43.5 Å². The second-order valence-electron chi connectivity index (χ2n) is 4.05. The first-order chi connectivity index (χ1) is 8.54. The van der Waals surface area contributed by atoms with E-state index in [2.05, 4.69) is 31.9 Å². The summed E-state index contributed by atoms with van der Waals surface area (Å²) in [5, 5.41) is 10.8. The lowest BCUT2D eigenvalue weighted by molar-refractivity contribution is 0.178. The molecule has 1 atom stereocenters. The van der Waals surface area contributed by atoms with Gasteiger partial charge in [0.2, 0.25) is 0 Å². The number of aliphatic hydroxyl groups is 1. The minimum atomic E-state index is -0.561. The van der Waals surface area contributed by atoms with Gasteiger partial charge in [0.15, 0.2) is 0 Å². The van der Waals surface area contributed by atoms with Crippen LogP contribution in [0.15, 0.2) is 51.4 Å². The third-order valence-corrected chi connectivity index (χ3v) is 3.76. The Morgan fingerprint density at radius 1 is 1.06 bits per heavy atom. The molecule has 0 aliphatic heterocycles. The Hall–Kier alpha value is -0.350. The van der Waals surface area contributed by atoms with E-state index in [9.17, 15) is 5.11 Å². The Kier molecular flexibility index (Phi) is 4.84. The molecule has 0 heterocycles. The van der Waals surface area contributed by atoms with E-state index in [1.54, 1.807) is 12.1 Å². The first-order valence-electron chi connectivity index (χ1n) is 5.43. The number of aliphatic hydroxyl groups excluding tert-OH is 1. The minimum Gasteiger partial charge on any atom is -0.388 e. The number of halogens is 3. The number of hydrogen-bond donors (Lipinski definition) is 1. The summed E-state index contributed by atoms with van der Waals surface area (Å²) < 4.78 is 1.89. The van der Waals surface area contributed by atoms with Crippen LogP contribution in [0.4, 0.5) is 0 Å². The van der Waals surface area contributed by atoms with Crippen LogP contribution < -0.4 is 0 Å². The maximum absolute atomic E-state index is 10.2. The molecule has 0 amide bonds. The summed E-state index contributed by atoms with van der Waals surface area (Å²) in [6.07, 6.45) is 0.000895. The van der Waals surface area contributed by atoms with E-state index in [1.165, 1.54) is 0 Å². The van der Waals surface area contributed by atoms with Crippen molar-refractivity contribution in [1.29, 1.82) is 0 Å². The molecule has 0 fully saturated rings. The van der Waals surface area contributed by atoms with Gasteiger partial charge in [0.1, 0.15) is 0 Å². The lowest BCUT2D eigenvalue weighted by atomic mass is 10.0. The molecule has 0 aliphatic rings. The van der Waals surface area contributed by atoms with Gasteiger partial charge in [-0.25, -0.2) is 0 Å². The van der Waals surface area contributed by atoms with Gasteiger partial charge in [-0.1, -0.05) is 55.6 Å². The zero-order chi connectivity index (χ0) is 13.1. The molecule has 2 aromatic rings. The predicted octanol–water partition coefficient (Wildman–Crippen LogP) is 5.14. The first-order valence-corrected chi connectivity index (χ1v) is 7.39. The molecule has 0 spiro atoms. The first kappa shape index (κ1) is 14.1. The van der Waals surface area contributed by atoms with Crippen LogP contribution in [0.3, 0.4) is 0 Å². The van der Waals surface area contributed by atoms with Crippen LogP contribution in [0, 0.1) is 0 Å². The topological polar surface area (TPSA) is 20.2 Å². The van der Waals surface area contributed by atoms with E-state index in [0.29, 0.717) is 11.4 Å². The highest BCUT2D eigenvalue weighted by molar-refractivity contribution is 9.10. The predicted molar refractivity (Wildman–Crippen MR) is 82.0 cm³/mol. The summed E-state index contributed by atoms with van der Waals surface area (Å²) in [5.74, 6) is 0. The lowest BCUT2D eigenvalue weighted by Crippen LogP contribution is -2.01. The van der Waals surface area contributed by atoms with Gasteiger partial charge in [-0.15, -0.1) is 0 Å². The molecule has 2 rings (SSSR count). The highest BCUT2D eigenvalue weighted by Gasteiger charge is 2.10. The summed E-state index contributed by atoms with van der Waals surface area (Å²) in [6, 6.07) is 13.4. The Bertz CT molecular complexity index is 537. The molecule has 2 aromatic carbocycles. The third-order valence-electron chi connectivity index (χ3n) is 2.59. The van der Waals surface area contributed by atoms with Gasteiger partial charge in [-0.2, -0.15) is 0 Å². The van der Waals surface area contributed by atoms with Crippen molar-refractivity contribution in [3.63, 3.8) is 0 Å². The average Bonchev–Trinajstić information content (AvgIpc) is 2.27. The van der Waals surface area contributed by atoms with Crippen molar-refractivity contribution in [3.8, 4) is 0 Å². The van der Waals surface area contributed by atoms with E-state index >= 15 is 0 Å². The average molecular weight is 391 g/mol. The van der Waals surface area contributed by atoms with E-state index in [1.807, 2.05) is 30.3 Å². The molecule has 1 N–H and O–H groups in total. The molecule has 1 nitrogen and oxygen atoms in total. The number of benzene rings is 2. The third kappa shape index (κ3) is 3.82. The fraction of sp³-hybridized carbons (Fsp3) is 0.143. The van der Waals surface area contributed by atoms with E-state index in [0.717, 1.165) is 20.1 Å². The molecule has 0 radical (unpaired) electrons. The van der Waals surface area contributed by atoms with Crippen molar-refractivity contribution < 1.29 is 5.11 Å². The molecular formula is C14H11Br2ClO. The summed E-state index contributed by atoms with van der Waals surface area (Å²) in [7, 11) is 0. The monoisotopic (exact) mass is 388 g/mol. The molecule has 0 saturated heterocycles. The van der Waals surface area contributed by atoms with E-state index < -0.39 is 6.10 Å². The molecule has 4 heteroatoms. The number of rotatable bonds is 3. The Morgan fingerprint density at radius 3 is 2.50 bits per heavy atom. The second-order valence-corrected chi connectivity index (χ2v) is 6.32. The molecular weight excluding hydrogens is 379 g/mol. The van der Waals surface area contributed by atoms with Gasteiger partial charge in [0.05, 0.1) is 6.10 Å². The molecule has 0 aromatic heterocycles. The van der Waals surface area contributed by atoms with Crippen LogP contribution >= 0.6 is 43.5 Å². The van der Waals surface area contributed by atoms with Gasteiger partial charge in [0.25, 0.3) is 0 Å². The minimum absolute atomic E-state index is 0.561. The Labute approximate surface area is 128 Å². The van der Waals surface area contributed by atoms with E-state index in [4.69, 9.17) is 11.6 Å². The number of hydrogen-bond acceptors (Lipinski definition) is 1. The van der Waals surface area contributed by atoms with Crippen LogP contribution in [0.1, 0.15) is 17.2 Å². The fourth-order valence-corrected chi connectivity index (χ4v) is 3.11. The van der Waals surface area contributed by atoms with Gasteiger partial charge < -0.3 is 5.11 Å². The Balaban J connectivity index is 2.19. The SMILES string of the molecule is OC(Cc1cccc(Br)c1)c1cc(Cl)cc(Br)c1. The molecule has 94 valence electrons. The van der Waals surface area contributed by atoms with Crippen LogP contribution in [0.2, 0.25) is 5.02 Å². The van der Waals surface area contributed by atoms with Crippen LogP contribution in [-0.2, 0) is 6.42 Å². The van der Waals surface area contributed by atoms with Gasteiger partial charge >= 0.3 is 0 Å². The standard InChI is InChI=1S/C14H11Br2ClO/c15-11-3-1-2-9(4-11)5-14(18)10-6-12(16)8-13(17)7-10/h1-4,6-8,14,18H,5H2. The summed E-state index contributed by atoms with van der Waals surface area (Å²) in [5.41, 5.74) is 1.89. The van der Waals surface area contributed by atoms with Gasteiger partial charge in [-0.3, -0.25) is 0 Å². The fourth-order valence-electron chi connectivity index (χ4n) is 1.77. The quantitative estimate of drug-likeness (QED) is 0.769. The van der Waals surface area contributed by atoms with E-state index in [-0.39, 0.29) is 0 Å². The van der Waals surface area contributed by atoms with Crippen molar-refractivity contribution in [2.75, 3.05) is 0 Å². The molecule has 0 aliphatic carbocycles. The maximum Gasteiger partial charge on any atom is 0.0831 e. The van der Waals surface area contributed by atoms with Crippen molar-refractivity contribution in [2.45, 2.75) is 12.5 Å². The maximum atomic E-state index is 10.2. The smallest absolute Gasteiger partial charge is 0.0831 e. The molecule has 1 unspecified atom stereocenters. The molecule has 0 bridgehead atoms. The van der Waals surface area contributed by atoms with Gasteiger partial charge in [0, 0.05) is 20.4 Å². The zero-order valence-electron chi connectivity index (χ0n) is 9.41. The highest BCUT2D eigenvalue weighted by Crippen LogP contribution is 2.26. The van der Waals surface area contributed by atoms with Crippen molar-refractivity contribution in [2.24, 2.45) is 0 Å². The zero-order valence-corrected chi connectivity index (χ0v) is 13.3. The highest BCUT2D eigenvalue weighted by atomic mass is 79.9.